The van der Waals surface area contributed by atoms with Crippen molar-refractivity contribution in [3.63, 3.8) is 0 Å². The van der Waals surface area contributed by atoms with Crippen LogP contribution < -0.4 is 5.32 Å². The van der Waals surface area contributed by atoms with E-state index >= 15 is 0 Å². The third kappa shape index (κ3) is 2.99. The summed E-state index contributed by atoms with van der Waals surface area (Å²) in [5.74, 6) is -0.963. The van der Waals surface area contributed by atoms with Gasteiger partial charge >= 0.3 is 5.97 Å². The summed E-state index contributed by atoms with van der Waals surface area (Å²) in [5.41, 5.74) is 1.88. The number of aromatic carboxylic acids is 1. The number of halogens is 1. The average Bonchev–Trinajstić information content (AvgIpc) is 2.78. The highest BCUT2D eigenvalue weighted by Crippen LogP contribution is 2.22. The maximum atomic E-state index is 11.0. The minimum atomic E-state index is -0.963. The molecule has 0 radical (unpaired) electrons. The van der Waals surface area contributed by atoms with Crippen LogP contribution in [0.3, 0.4) is 0 Å². The van der Waals surface area contributed by atoms with Gasteiger partial charge in [-0.1, -0.05) is 11.6 Å². The van der Waals surface area contributed by atoms with Gasteiger partial charge in [0.25, 0.3) is 0 Å². The van der Waals surface area contributed by atoms with Gasteiger partial charge in [-0.25, -0.2) is 4.79 Å². The van der Waals surface area contributed by atoms with Crippen molar-refractivity contribution in [3.8, 4) is 0 Å². The summed E-state index contributed by atoms with van der Waals surface area (Å²) in [6.45, 7) is 0.587. The molecule has 0 aliphatic carbocycles. The minimum absolute atomic E-state index is 0.227. The van der Waals surface area contributed by atoms with Gasteiger partial charge < -0.3 is 10.4 Å². The van der Waals surface area contributed by atoms with Gasteiger partial charge in [-0.3, -0.25) is 0 Å². The van der Waals surface area contributed by atoms with Gasteiger partial charge in [-0.2, -0.15) is 11.3 Å². The highest BCUT2D eigenvalue weighted by molar-refractivity contribution is 7.07. The highest BCUT2D eigenvalue weighted by atomic mass is 35.5. The Morgan fingerprint density at radius 2 is 2.24 bits per heavy atom. The molecule has 3 nitrogen and oxygen atoms in total. The summed E-state index contributed by atoms with van der Waals surface area (Å²) in [7, 11) is 0. The Balaban J connectivity index is 2.19. The molecule has 2 rings (SSSR count). The van der Waals surface area contributed by atoms with E-state index in [4.69, 9.17) is 16.7 Å². The van der Waals surface area contributed by atoms with E-state index in [1.165, 1.54) is 6.07 Å². The molecule has 0 bridgehead atoms. The lowest BCUT2D eigenvalue weighted by atomic mass is 10.1. The SMILES string of the molecule is O=C(O)c1ccc(Cl)cc1NCc1ccsc1. The molecule has 1 aromatic heterocycles. The molecular formula is C12H10ClNO2S. The van der Waals surface area contributed by atoms with Crippen LogP contribution in [0.5, 0.6) is 0 Å². The second-order valence-electron chi connectivity index (χ2n) is 3.48. The predicted molar refractivity (Wildman–Crippen MR) is 70.1 cm³/mol. The fourth-order valence-corrected chi connectivity index (χ4v) is 2.28. The highest BCUT2D eigenvalue weighted by Gasteiger charge is 2.10. The molecule has 88 valence electrons. The van der Waals surface area contributed by atoms with Crippen molar-refractivity contribution in [3.05, 3.63) is 51.2 Å². The number of benzene rings is 1. The molecule has 17 heavy (non-hydrogen) atoms. The van der Waals surface area contributed by atoms with Crippen LogP contribution in [-0.2, 0) is 6.54 Å². The van der Waals surface area contributed by atoms with Crippen molar-refractivity contribution in [2.45, 2.75) is 6.54 Å². The van der Waals surface area contributed by atoms with Crippen LogP contribution in [0.15, 0.2) is 35.0 Å². The van der Waals surface area contributed by atoms with Crippen LogP contribution in [-0.4, -0.2) is 11.1 Å². The van der Waals surface area contributed by atoms with Gasteiger partial charge in [-0.15, -0.1) is 0 Å². The summed E-state index contributed by atoms with van der Waals surface area (Å²) < 4.78 is 0. The third-order valence-electron chi connectivity index (χ3n) is 2.28. The van der Waals surface area contributed by atoms with E-state index in [9.17, 15) is 4.79 Å². The fraction of sp³-hybridized carbons (Fsp3) is 0.0833. The van der Waals surface area contributed by atoms with Crippen LogP contribution in [0.4, 0.5) is 5.69 Å². The van der Waals surface area contributed by atoms with Gasteiger partial charge in [0.15, 0.2) is 0 Å². The Bertz CT molecular complexity index is 525. The minimum Gasteiger partial charge on any atom is -0.478 e. The second-order valence-corrected chi connectivity index (χ2v) is 4.70. The van der Waals surface area contributed by atoms with Gasteiger partial charge in [0.1, 0.15) is 0 Å². The monoisotopic (exact) mass is 267 g/mol. The maximum absolute atomic E-state index is 11.0. The number of rotatable bonds is 4. The number of carboxylic acid groups (broad SMARTS) is 1. The zero-order valence-electron chi connectivity index (χ0n) is 8.81. The van der Waals surface area contributed by atoms with Gasteiger partial charge in [0.05, 0.1) is 11.3 Å². The van der Waals surface area contributed by atoms with E-state index in [1.54, 1.807) is 23.5 Å². The Morgan fingerprint density at radius 1 is 1.41 bits per heavy atom. The normalized spacial score (nSPS) is 10.2. The molecule has 0 spiro atoms. The first-order valence-corrected chi connectivity index (χ1v) is 6.26. The smallest absolute Gasteiger partial charge is 0.337 e. The van der Waals surface area contributed by atoms with Crippen LogP contribution in [0.25, 0.3) is 0 Å². The van der Waals surface area contributed by atoms with Crippen molar-refractivity contribution in [1.29, 1.82) is 0 Å². The van der Waals surface area contributed by atoms with E-state index in [0.29, 0.717) is 17.3 Å². The molecule has 0 saturated heterocycles. The lowest BCUT2D eigenvalue weighted by Gasteiger charge is -2.09. The summed E-state index contributed by atoms with van der Waals surface area (Å²) in [6, 6.07) is 6.68. The van der Waals surface area contributed by atoms with Crippen molar-refractivity contribution >= 4 is 34.6 Å². The van der Waals surface area contributed by atoms with Crippen LogP contribution in [0, 0.1) is 0 Å². The lowest BCUT2D eigenvalue weighted by molar-refractivity contribution is 0.0698. The van der Waals surface area contributed by atoms with Gasteiger partial charge in [-0.05, 0) is 40.6 Å². The van der Waals surface area contributed by atoms with Crippen molar-refractivity contribution < 1.29 is 9.90 Å². The first kappa shape index (κ1) is 12.0. The van der Waals surface area contributed by atoms with Crippen LogP contribution in [0.1, 0.15) is 15.9 Å². The Labute approximate surface area is 108 Å². The quantitative estimate of drug-likeness (QED) is 0.888. The summed E-state index contributed by atoms with van der Waals surface area (Å²) in [5, 5.41) is 16.6. The number of anilines is 1. The number of thiophene rings is 1. The largest absolute Gasteiger partial charge is 0.478 e. The van der Waals surface area contributed by atoms with E-state index in [2.05, 4.69) is 5.32 Å². The van der Waals surface area contributed by atoms with Crippen LogP contribution >= 0.6 is 22.9 Å². The molecular weight excluding hydrogens is 258 g/mol. The molecule has 0 saturated carbocycles. The Morgan fingerprint density at radius 3 is 2.88 bits per heavy atom. The molecule has 0 aliphatic rings. The molecule has 2 N–H and O–H groups in total. The summed E-state index contributed by atoms with van der Waals surface area (Å²) in [4.78, 5) is 11.0. The van der Waals surface area contributed by atoms with Crippen molar-refractivity contribution in [2.24, 2.45) is 0 Å². The first-order valence-electron chi connectivity index (χ1n) is 4.94. The van der Waals surface area contributed by atoms with E-state index in [1.807, 2.05) is 16.8 Å². The topological polar surface area (TPSA) is 49.3 Å². The van der Waals surface area contributed by atoms with Gasteiger partial charge in [0, 0.05) is 11.6 Å². The molecule has 2 aromatic rings. The number of hydrogen-bond donors (Lipinski definition) is 2. The number of carboxylic acids is 1. The van der Waals surface area contributed by atoms with Crippen molar-refractivity contribution in [1.82, 2.24) is 0 Å². The number of nitrogens with one attached hydrogen (secondary N) is 1. The van der Waals surface area contributed by atoms with E-state index < -0.39 is 5.97 Å². The fourth-order valence-electron chi connectivity index (χ4n) is 1.44. The lowest BCUT2D eigenvalue weighted by Crippen LogP contribution is -2.05. The third-order valence-corrected chi connectivity index (χ3v) is 3.24. The molecule has 0 atom stereocenters. The zero-order chi connectivity index (χ0) is 12.3. The van der Waals surface area contributed by atoms with E-state index in [0.717, 1.165) is 5.56 Å². The molecule has 0 aliphatic heterocycles. The molecule has 1 heterocycles. The van der Waals surface area contributed by atoms with Crippen LogP contribution in [0.2, 0.25) is 5.02 Å². The number of hydrogen-bond acceptors (Lipinski definition) is 3. The Kier molecular flexibility index (Phi) is 3.66. The van der Waals surface area contributed by atoms with Gasteiger partial charge in [0.2, 0.25) is 0 Å². The van der Waals surface area contributed by atoms with Crippen molar-refractivity contribution in [2.75, 3.05) is 5.32 Å². The second kappa shape index (κ2) is 5.21. The zero-order valence-corrected chi connectivity index (χ0v) is 10.4. The summed E-state index contributed by atoms with van der Waals surface area (Å²) in [6.07, 6.45) is 0. The average molecular weight is 268 g/mol. The summed E-state index contributed by atoms with van der Waals surface area (Å²) >= 11 is 7.46. The molecule has 0 amide bonds. The molecule has 5 heteroatoms. The molecule has 0 fully saturated rings. The van der Waals surface area contributed by atoms with E-state index in [-0.39, 0.29) is 5.56 Å². The molecule has 0 unspecified atom stereocenters. The number of carbonyl (C=O) groups is 1. The Hall–Kier alpha value is -1.52. The molecule has 1 aromatic carbocycles. The standard InChI is InChI=1S/C12H10ClNO2S/c13-9-1-2-10(12(15)16)11(5-9)14-6-8-3-4-17-7-8/h1-5,7,14H,6H2,(H,15,16). The maximum Gasteiger partial charge on any atom is 0.337 e. The predicted octanol–water partition coefficient (Wildman–Crippen LogP) is 3.71. The first-order chi connectivity index (χ1) is 8.16.